The van der Waals surface area contributed by atoms with Gasteiger partial charge in [-0.3, -0.25) is 4.79 Å². The van der Waals surface area contributed by atoms with E-state index in [9.17, 15) is 4.79 Å². The van der Waals surface area contributed by atoms with Crippen molar-refractivity contribution in [2.75, 3.05) is 0 Å². The minimum Gasteiger partial charge on any atom is -0.340 e. The van der Waals surface area contributed by atoms with Gasteiger partial charge >= 0.3 is 0 Å². The fraction of sp³-hybridized carbons (Fsp3) is 0. The molecule has 0 saturated carbocycles. The van der Waals surface area contributed by atoms with Crippen LogP contribution < -0.4 is 5.56 Å². The average Bonchev–Trinajstić information content (AvgIpc) is 2.07. The maximum atomic E-state index is 11.0. The van der Waals surface area contributed by atoms with Gasteiger partial charge in [0.2, 0.25) is 0 Å². The van der Waals surface area contributed by atoms with Crippen molar-refractivity contribution in [3.05, 3.63) is 39.3 Å². The van der Waals surface area contributed by atoms with Crippen molar-refractivity contribution < 1.29 is 0 Å². The van der Waals surface area contributed by atoms with E-state index in [1.165, 1.54) is 0 Å². The number of para-hydroxylation sites is 2. The van der Waals surface area contributed by atoms with Crippen molar-refractivity contribution in [3.8, 4) is 0 Å². The van der Waals surface area contributed by atoms with Gasteiger partial charge in [-0.25, -0.2) is 0 Å². The Morgan fingerprint density at radius 1 is 1.08 bits per heavy atom. The zero-order valence-electron chi connectivity index (χ0n) is 6.13. The zero-order valence-corrected chi connectivity index (χ0v) is 6.94. The largest absolute Gasteiger partial charge is 0.340 e. The fourth-order valence-electron chi connectivity index (χ4n) is 1.06. The number of nitrogens with one attached hydrogen (secondary N) is 2. The molecule has 3 nitrogen and oxygen atoms in total. The van der Waals surface area contributed by atoms with Crippen molar-refractivity contribution in [1.29, 1.82) is 0 Å². The van der Waals surface area contributed by atoms with Gasteiger partial charge in [0.05, 0.1) is 11.0 Å². The summed E-state index contributed by atoms with van der Waals surface area (Å²) < 4.78 is 0.216. The van der Waals surface area contributed by atoms with Crippen molar-refractivity contribution >= 4 is 23.3 Å². The average molecular weight is 178 g/mol. The Bertz CT molecular complexity index is 478. The highest BCUT2D eigenvalue weighted by Gasteiger charge is 1.93. The minimum atomic E-state index is -0.247. The first kappa shape index (κ1) is 7.24. The topological polar surface area (TPSA) is 48.6 Å². The van der Waals surface area contributed by atoms with E-state index in [4.69, 9.17) is 12.2 Å². The van der Waals surface area contributed by atoms with Crippen LogP contribution in [0.2, 0.25) is 0 Å². The Balaban J connectivity index is 3.03. The summed E-state index contributed by atoms with van der Waals surface area (Å²) in [5.74, 6) is 0. The fourth-order valence-corrected chi connectivity index (χ4v) is 1.22. The highest BCUT2D eigenvalue weighted by Crippen LogP contribution is 2.03. The lowest BCUT2D eigenvalue weighted by atomic mass is 10.3. The molecule has 2 rings (SSSR count). The number of fused-ring (bicyclic) bond motifs is 1. The van der Waals surface area contributed by atoms with Gasteiger partial charge in [-0.1, -0.05) is 24.4 Å². The minimum absolute atomic E-state index is 0.216. The van der Waals surface area contributed by atoms with Gasteiger partial charge in [-0.2, -0.15) is 0 Å². The van der Waals surface area contributed by atoms with Crippen molar-refractivity contribution in [3.63, 3.8) is 0 Å². The second-order valence-corrected chi connectivity index (χ2v) is 2.86. The van der Waals surface area contributed by atoms with Crippen molar-refractivity contribution in [2.45, 2.75) is 0 Å². The second-order valence-electron chi connectivity index (χ2n) is 2.45. The molecule has 0 unspecified atom stereocenters. The molecule has 0 amide bonds. The van der Waals surface area contributed by atoms with Crippen LogP contribution >= 0.6 is 12.2 Å². The Morgan fingerprint density at radius 2 is 1.67 bits per heavy atom. The first-order valence-electron chi connectivity index (χ1n) is 3.49. The van der Waals surface area contributed by atoms with E-state index in [1.54, 1.807) is 0 Å². The Hall–Kier alpha value is -1.42. The molecule has 0 atom stereocenters. The van der Waals surface area contributed by atoms with Crippen LogP contribution in [0.25, 0.3) is 11.0 Å². The quantitative estimate of drug-likeness (QED) is 0.602. The van der Waals surface area contributed by atoms with Gasteiger partial charge in [0, 0.05) is 0 Å². The molecule has 0 aliphatic carbocycles. The summed E-state index contributed by atoms with van der Waals surface area (Å²) >= 11 is 4.78. The SMILES string of the molecule is O=c1[nH]c2ccccc2[nH]c1=S. The number of H-pyrrole nitrogens is 2. The molecule has 0 bridgehead atoms. The molecular weight excluding hydrogens is 172 g/mol. The van der Waals surface area contributed by atoms with Gasteiger partial charge in [0.15, 0.2) is 4.64 Å². The smallest absolute Gasteiger partial charge is 0.283 e. The lowest BCUT2D eigenvalue weighted by Crippen LogP contribution is -2.07. The Kier molecular flexibility index (Phi) is 1.55. The third-order valence-electron chi connectivity index (χ3n) is 1.63. The van der Waals surface area contributed by atoms with E-state index >= 15 is 0 Å². The molecule has 0 aliphatic heterocycles. The van der Waals surface area contributed by atoms with E-state index in [0.29, 0.717) is 0 Å². The molecule has 0 radical (unpaired) electrons. The van der Waals surface area contributed by atoms with Gasteiger partial charge in [0.1, 0.15) is 0 Å². The first-order valence-corrected chi connectivity index (χ1v) is 3.89. The van der Waals surface area contributed by atoms with Crippen LogP contribution in [0.1, 0.15) is 0 Å². The van der Waals surface area contributed by atoms with Crippen LogP contribution in [-0.4, -0.2) is 9.97 Å². The highest BCUT2D eigenvalue weighted by molar-refractivity contribution is 7.71. The number of aromatic nitrogens is 2. The second kappa shape index (κ2) is 2.57. The normalized spacial score (nSPS) is 10.3. The molecule has 12 heavy (non-hydrogen) atoms. The van der Waals surface area contributed by atoms with E-state index in [0.717, 1.165) is 11.0 Å². The molecular formula is C8H6N2OS. The van der Waals surface area contributed by atoms with Crippen LogP contribution in [0.5, 0.6) is 0 Å². The lowest BCUT2D eigenvalue weighted by Gasteiger charge is -1.94. The van der Waals surface area contributed by atoms with Gasteiger partial charge in [0.25, 0.3) is 5.56 Å². The van der Waals surface area contributed by atoms with E-state index in [-0.39, 0.29) is 10.2 Å². The summed E-state index contributed by atoms with van der Waals surface area (Å²) in [5, 5.41) is 0. The monoisotopic (exact) mass is 178 g/mol. The summed E-state index contributed by atoms with van der Waals surface area (Å²) in [7, 11) is 0. The molecule has 2 N–H and O–H groups in total. The summed E-state index contributed by atoms with van der Waals surface area (Å²) in [6.45, 7) is 0. The third-order valence-corrected chi connectivity index (χ3v) is 1.92. The lowest BCUT2D eigenvalue weighted by molar-refractivity contribution is 1.19. The molecule has 4 heteroatoms. The molecule has 60 valence electrons. The molecule has 1 aromatic carbocycles. The summed E-state index contributed by atoms with van der Waals surface area (Å²) in [6.07, 6.45) is 0. The van der Waals surface area contributed by atoms with Crippen LogP contribution in [0, 0.1) is 4.64 Å². The standard InChI is InChI=1S/C8H6N2OS/c11-7-8(12)10-6-4-2-1-3-5(6)9-7/h1-4H,(H,9,11)(H,10,12). The molecule has 0 fully saturated rings. The number of aromatic amines is 2. The molecule has 1 aromatic heterocycles. The molecule has 0 saturated heterocycles. The number of hydrogen-bond donors (Lipinski definition) is 2. The third kappa shape index (κ3) is 1.06. The Morgan fingerprint density at radius 3 is 2.33 bits per heavy atom. The molecule has 2 aromatic rings. The van der Waals surface area contributed by atoms with Crippen molar-refractivity contribution in [2.24, 2.45) is 0 Å². The van der Waals surface area contributed by atoms with Gasteiger partial charge in [-0.15, -0.1) is 0 Å². The van der Waals surface area contributed by atoms with E-state index in [2.05, 4.69) is 9.97 Å². The zero-order chi connectivity index (χ0) is 8.55. The maximum absolute atomic E-state index is 11.0. The summed E-state index contributed by atoms with van der Waals surface area (Å²) in [5.41, 5.74) is 1.38. The summed E-state index contributed by atoms with van der Waals surface area (Å²) in [6, 6.07) is 7.42. The predicted molar refractivity (Wildman–Crippen MR) is 49.8 cm³/mol. The maximum Gasteiger partial charge on any atom is 0.283 e. The molecule has 0 aliphatic rings. The van der Waals surface area contributed by atoms with Crippen LogP contribution in [0.3, 0.4) is 0 Å². The summed E-state index contributed by atoms with van der Waals surface area (Å²) in [4.78, 5) is 16.5. The highest BCUT2D eigenvalue weighted by atomic mass is 32.1. The van der Waals surface area contributed by atoms with Gasteiger partial charge in [-0.05, 0) is 12.1 Å². The van der Waals surface area contributed by atoms with E-state index in [1.807, 2.05) is 24.3 Å². The predicted octanol–water partition coefficient (Wildman–Crippen LogP) is 1.59. The van der Waals surface area contributed by atoms with Gasteiger partial charge < -0.3 is 9.97 Å². The number of hydrogen-bond acceptors (Lipinski definition) is 2. The number of benzene rings is 1. The Labute approximate surface area is 73.1 Å². The number of rotatable bonds is 0. The molecule has 0 spiro atoms. The first-order chi connectivity index (χ1) is 5.77. The van der Waals surface area contributed by atoms with Crippen LogP contribution in [-0.2, 0) is 0 Å². The van der Waals surface area contributed by atoms with E-state index < -0.39 is 0 Å². The molecule has 1 heterocycles. The van der Waals surface area contributed by atoms with Crippen molar-refractivity contribution in [1.82, 2.24) is 9.97 Å². The van der Waals surface area contributed by atoms with Crippen LogP contribution in [0.15, 0.2) is 29.1 Å². The van der Waals surface area contributed by atoms with Crippen LogP contribution in [0.4, 0.5) is 0 Å².